The maximum absolute atomic E-state index is 13.4. The van der Waals surface area contributed by atoms with E-state index in [1.165, 1.54) is 0 Å². The van der Waals surface area contributed by atoms with E-state index in [1.54, 1.807) is 12.1 Å². The number of piperidine rings is 1. The Morgan fingerprint density at radius 3 is 2.80 bits per heavy atom. The van der Waals surface area contributed by atoms with Crippen LogP contribution in [0.4, 0.5) is 0 Å². The van der Waals surface area contributed by atoms with Crippen LogP contribution in [0.1, 0.15) is 55.0 Å². The summed E-state index contributed by atoms with van der Waals surface area (Å²) < 4.78 is 13.6. The van der Waals surface area contributed by atoms with E-state index >= 15 is 0 Å². The summed E-state index contributed by atoms with van der Waals surface area (Å²) in [7, 11) is 0. The number of likely N-dealkylation sites (tertiary alicyclic amines) is 1. The number of hydrogen-bond donors (Lipinski definition) is 0. The molecule has 1 amide bonds. The molecule has 7 heteroatoms. The highest BCUT2D eigenvalue weighted by Gasteiger charge is 2.36. The molecule has 0 aliphatic carbocycles. The number of hydrogen-bond acceptors (Lipinski definition) is 5. The molecule has 2 atom stereocenters. The van der Waals surface area contributed by atoms with Gasteiger partial charge in [0.15, 0.2) is 0 Å². The van der Waals surface area contributed by atoms with E-state index in [4.69, 9.17) is 9.15 Å². The molecule has 3 aliphatic heterocycles. The number of ether oxygens (including phenoxy) is 1. The van der Waals surface area contributed by atoms with Crippen molar-refractivity contribution in [3.8, 4) is 5.75 Å². The normalized spacial score (nSPS) is 22.3. The van der Waals surface area contributed by atoms with Crippen molar-refractivity contribution in [2.24, 2.45) is 5.92 Å². The van der Waals surface area contributed by atoms with Crippen LogP contribution in [0.5, 0.6) is 5.75 Å². The van der Waals surface area contributed by atoms with Crippen LogP contribution in [0, 0.1) is 12.8 Å². The number of amides is 1. The van der Waals surface area contributed by atoms with Gasteiger partial charge in [-0.15, -0.1) is 0 Å². The molecule has 7 nitrogen and oxygen atoms in total. The molecule has 3 aromatic rings. The van der Waals surface area contributed by atoms with E-state index in [-0.39, 0.29) is 35.3 Å². The zero-order valence-electron chi connectivity index (χ0n) is 20.4. The zero-order valence-corrected chi connectivity index (χ0v) is 20.4. The molecule has 6 rings (SSSR count). The fourth-order valence-electron chi connectivity index (χ4n) is 6.10. The molecule has 0 saturated carbocycles. The molecule has 0 radical (unpaired) electrons. The van der Waals surface area contributed by atoms with E-state index in [0.717, 1.165) is 47.2 Å². The fraction of sp³-hybridized carbons (Fsp3) is 0.464. The van der Waals surface area contributed by atoms with Gasteiger partial charge in [0.2, 0.25) is 5.91 Å². The first-order chi connectivity index (χ1) is 16.7. The summed E-state index contributed by atoms with van der Waals surface area (Å²) in [6, 6.07) is 9.25. The standard InChI is InChI=1S/C28H30N2O5/c1-16-20-10-18-7-8-28(2,3)35-23(18)12-24(20)34-27(33)21(16)11-26(32)29-13-17-9-19(15-29)22-5-4-6-25(31)30(22)14-17/h4-6,10,12,17,19H,7-9,11,13-15H2,1-3H3/t17-,19+/m1/s1. The Morgan fingerprint density at radius 1 is 1.14 bits per heavy atom. The van der Waals surface area contributed by atoms with Gasteiger partial charge in [0.25, 0.3) is 5.56 Å². The lowest BCUT2D eigenvalue weighted by atomic mass is 9.83. The molecule has 5 heterocycles. The number of carbonyl (C=O) groups is 1. The minimum atomic E-state index is -0.465. The Balaban J connectivity index is 1.28. The zero-order chi connectivity index (χ0) is 24.5. The van der Waals surface area contributed by atoms with Crippen molar-refractivity contribution < 1.29 is 13.9 Å². The molecule has 35 heavy (non-hydrogen) atoms. The van der Waals surface area contributed by atoms with Gasteiger partial charge in [-0.05, 0) is 69.2 Å². The predicted molar refractivity (Wildman–Crippen MR) is 132 cm³/mol. The third kappa shape index (κ3) is 3.77. The molecule has 1 fully saturated rings. The summed E-state index contributed by atoms with van der Waals surface area (Å²) in [5, 5.41) is 0.860. The number of pyridine rings is 1. The lowest BCUT2D eigenvalue weighted by molar-refractivity contribution is -0.133. The third-order valence-corrected chi connectivity index (χ3v) is 8.01. The summed E-state index contributed by atoms with van der Waals surface area (Å²) in [4.78, 5) is 40.5. The molecule has 182 valence electrons. The first-order valence-corrected chi connectivity index (χ1v) is 12.4. The van der Waals surface area contributed by atoms with Gasteiger partial charge >= 0.3 is 5.63 Å². The SMILES string of the molecule is Cc1c(CC(=O)N2C[C@H]3C[C@@H](C2)c2cccc(=O)n2C3)c(=O)oc2cc3c(cc12)CCC(C)(C)O3. The number of carbonyl (C=O) groups excluding carboxylic acids is 1. The van der Waals surface area contributed by atoms with Gasteiger partial charge in [-0.2, -0.15) is 0 Å². The van der Waals surface area contributed by atoms with Crippen molar-refractivity contribution in [1.82, 2.24) is 9.47 Å². The minimum Gasteiger partial charge on any atom is -0.487 e. The van der Waals surface area contributed by atoms with E-state index in [2.05, 4.69) is 13.8 Å². The van der Waals surface area contributed by atoms with Gasteiger partial charge < -0.3 is 18.6 Å². The predicted octanol–water partition coefficient (Wildman–Crippen LogP) is 3.56. The van der Waals surface area contributed by atoms with Crippen molar-refractivity contribution in [3.63, 3.8) is 0 Å². The maximum Gasteiger partial charge on any atom is 0.340 e. The van der Waals surface area contributed by atoms with Gasteiger partial charge in [0.1, 0.15) is 16.9 Å². The molecule has 0 N–H and O–H groups in total. The molecule has 0 unspecified atom stereocenters. The van der Waals surface area contributed by atoms with Crippen LogP contribution in [-0.2, 0) is 24.2 Å². The Bertz CT molecular complexity index is 1480. The highest BCUT2D eigenvalue weighted by atomic mass is 16.5. The van der Waals surface area contributed by atoms with Crippen molar-refractivity contribution in [2.45, 2.75) is 64.5 Å². The second-order valence-corrected chi connectivity index (χ2v) is 11.0. The van der Waals surface area contributed by atoms with Crippen molar-refractivity contribution in [2.75, 3.05) is 13.1 Å². The Kier molecular flexibility index (Phi) is 4.95. The van der Waals surface area contributed by atoms with E-state index in [1.807, 2.05) is 34.6 Å². The number of rotatable bonds is 2. The molecular weight excluding hydrogens is 444 g/mol. The van der Waals surface area contributed by atoms with E-state index in [0.29, 0.717) is 30.8 Å². The summed E-state index contributed by atoms with van der Waals surface area (Å²) in [5.41, 5.74) is 3.13. The smallest absolute Gasteiger partial charge is 0.340 e. The van der Waals surface area contributed by atoms with Crippen LogP contribution in [0.15, 0.2) is 44.3 Å². The molecule has 0 spiro atoms. The maximum atomic E-state index is 13.4. The van der Waals surface area contributed by atoms with Gasteiger partial charge in [-0.25, -0.2) is 4.79 Å². The molecule has 2 bridgehead atoms. The second kappa shape index (κ2) is 7.83. The van der Waals surface area contributed by atoms with Crippen LogP contribution < -0.4 is 15.9 Å². The van der Waals surface area contributed by atoms with Crippen LogP contribution in [0.25, 0.3) is 11.0 Å². The van der Waals surface area contributed by atoms with E-state index < -0.39 is 5.63 Å². The third-order valence-electron chi connectivity index (χ3n) is 8.01. The highest BCUT2D eigenvalue weighted by Crippen LogP contribution is 2.37. The van der Waals surface area contributed by atoms with Crippen molar-refractivity contribution in [1.29, 1.82) is 0 Å². The lowest BCUT2D eigenvalue weighted by Gasteiger charge is -2.42. The summed E-state index contributed by atoms with van der Waals surface area (Å²) >= 11 is 0. The Labute approximate surface area is 203 Å². The largest absolute Gasteiger partial charge is 0.487 e. The summed E-state index contributed by atoms with van der Waals surface area (Å²) in [6.07, 6.45) is 2.81. The number of aryl methyl sites for hydroxylation is 2. The first kappa shape index (κ1) is 22.1. The lowest BCUT2D eigenvalue weighted by Crippen LogP contribution is -2.49. The van der Waals surface area contributed by atoms with Crippen LogP contribution >= 0.6 is 0 Å². The summed E-state index contributed by atoms with van der Waals surface area (Å²) in [6.45, 7) is 7.82. The topological polar surface area (TPSA) is 81.8 Å². The minimum absolute atomic E-state index is 0.0196. The molecular formula is C28H30N2O5. The molecule has 1 aromatic carbocycles. The van der Waals surface area contributed by atoms with Gasteiger partial charge in [-0.1, -0.05) is 6.07 Å². The van der Waals surface area contributed by atoms with Crippen LogP contribution in [-0.4, -0.2) is 34.1 Å². The van der Waals surface area contributed by atoms with Crippen LogP contribution in [0.2, 0.25) is 0 Å². The van der Waals surface area contributed by atoms with Crippen molar-refractivity contribution >= 4 is 16.9 Å². The van der Waals surface area contributed by atoms with Crippen LogP contribution in [0.3, 0.4) is 0 Å². The fourth-order valence-corrected chi connectivity index (χ4v) is 6.10. The number of fused-ring (bicyclic) bond motifs is 6. The van der Waals surface area contributed by atoms with Gasteiger partial charge in [-0.3, -0.25) is 9.59 Å². The molecule has 1 saturated heterocycles. The highest BCUT2D eigenvalue weighted by molar-refractivity contribution is 5.86. The van der Waals surface area contributed by atoms with E-state index in [9.17, 15) is 14.4 Å². The average molecular weight is 475 g/mol. The molecule has 2 aromatic heterocycles. The van der Waals surface area contributed by atoms with Gasteiger partial charge in [0.05, 0.1) is 12.0 Å². The second-order valence-electron chi connectivity index (χ2n) is 11.0. The number of benzene rings is 1. The average Bonchev–Trinajstić information content (AvgIpc) is 2.81. The monoisotopic (exact) mass is 474 g/mol. The van der Waals surface area contributed by atoms with Gasteiger partial charge in [0, 0.05) is 48.8 Å². The summed E-state index contributed by atoms with van der Waals surface area (Å²) in [5.74, 6) is 1.09. The Hall–Kier alpha value is -3.35. The van der Waals surface area contributed by atoms with Crippen molar-refractivity contribution in [3.05, 3.63) is 73.5 Å². The quantitative estimate of drug-likeness (QED) is 0.531. The number of aromatic nitrogens is 1. The molecule has 3 aliphatic rings. The number of nitrogens with zero attached hydrogens (tertiary/aromatic N) is 2. The Morgan fingerprint density at radius 2 is 1.97 bits per heavy atom. The first-order valence-electron chi connectivity index (χ1n) is 12.4.